The van der Waals surface area contributed by atoms with E-state index in [1.54, 1.807) is 6.20 Å². The third-order valence-electron chi connectivity index (χ3n) is 4.15. The summed E-state index contributed by atoms with van der Waals surface area (Å²) in [6.07, 6.45) is 4.35. The Morgan fingerprint density at radius 1 is 1.14 bits per heavy atom. The number of aromatic nitrogens is 3. The quantitative estimate of drug-likeness (QED) is 0.482. The average Bonchev–Trinajstić information content (AvgIpc) is 2.69. The van der Waals surface area contributed by atoms with Gasteiger partial charge < -0.3 is 16.0 Å². The molecule has 0 aliphatic carbocycles. The van der Waals surface area contributed by atoms with E-state index in [4.69, 9.17) is 11.6 Å². The first-order chi connectivity index (χ1) is 14.0. The molecule has 2 aromatic heterocycles. The summed E-state index contributed by atoms with van der Waals surface area (Å²) in [5, 5.41) is 9.87. The van der Waals surface area contributed by atoms with Gasteiger partial charge in [0.1, 0.15) is 5.82 Å². The predicted molar refractivity (Wildman–Crippen MR) is 117 cm³/mol. The third kappa shape index (κ3) is 6.15. The molecule has 0 atom stereocenters. The van der Waals surface area contributed by atoms with Gasteiger partial charge in [0.2, 0.25) is 11.9 Å². The van der Waals surface area contributed by atoms with Crippen molar-refractivity contribution in [3.8, 4) is 11.3 Å². The Hall–Kier alpha value is -3.19. The van der Waals surface area contributed by atoms with Crippen molar-refractivity contribution >= 4 is 35.0 Å². The number of nitrogens with zero attached hydrogens (tertiary/aromatic N) is 3. The molecule has 0 aliphatic rings. The van der Waals surface area contributed by atoms with Crippen LogP contribution in [0, 0.1) is 6.92 Å². The largest absolute Gasteiger partial charge is 0.370 e. The standard InChI is InChI=1S/C21H23ClN6O/c1-14-13-26-20(24-9-4-8-23-15(2)29)12-18(14)19-7-10-25-21(28-19)27-17-6-3-5-16(22)11-17/h3,5-7,10-13H,4,8-9H2,1-2H3,(H,23,29)(H,24,26)(H,25,27,28). The van der Waals surface area contributed by atoms with Crippen LogP contribution in [0.25, 0.3) is 11.3 Å². The van der Waals surface area contributed by atoms with Crippen LogP contribution in [-0.4, -0.2) is 33.9 Å². The molecule has 0 aliphatic heterocycles. The number of anilines is 3. The molecule has 29 heavy (non-hydrogen) atoms. The summed E-state index contributed by atoms with van der Waals surface area (Å²) < 4.78 is 0. The number of hydrogen-bond donors (Lipinski definition) is 3. The first-order valence-electron chi connectivity index (χ1n) is 9.32. The van der Waals surface area contributed by atoms with E-state index >= 15 is 0 Å². The van der Waals surface area contributed by atoms with Crippen LogP contribution in [0.3, 0.4) is 0 Å². The molecule has 0 fully saturated rings. The van der Waals surface area contributed by atoms with Crippen molar-refractivity contribution in [1.82, 2.24) is 20.3 Å². The third-order valence-corrected chi connectivity index (χ3v) is 4.38. The SMILES string of the molecule is CC(=O)NCCCNc1cc(-c2ccnc(Nc3cccc(Cl)c3)n2)c(C)cn1. The lowest BCUT2D eigenvalue weighted by molar-refractivity contribution is -0.118. The summed E-state index contributed by atoms with van der Waals surface area (Å²) in [4.78, 5) is 24.3. The molecule has 3 rings (SSSR count). The molecule has 3 aromatic rings. The summed E-state index contributed by atoms with van der Waals surface area (Å²) >= 11 is 6.04. The Kier molecular flexibility index (Phi) is 6.97. The zero-order valence-corrected chi connectivity index (χ0v) is 17.1. The number of carbonyl (C=O) groups is 1. The van der Waals surface area contributed by atoms with Crippen molar-refractivity contribution in [2.45, 2.75) is 20.3 Å². The smallest absolute Gasteiger partial charge is 0.227 e. The van der Waals surface area contributed by atoms with Crippen LogP contribution in [0.15, 0.2) is 48.8 Å². The van der Waals surface area contributed by atoms with Gasteiger partial charge in [-0.15, -0.1) is 0 Å². The van der Waals surface area contributed by atoms with Crippen LogP contribution in [0.4, 0.5) is 17.5 Å². The van der Waals surface area contributed by atoms with Gasteiger partial charge in [0.25, 0.3) is 0 Å². The van der Waals surface area contributed by atoms with Gasteiger partial charge in [-0.05, 0) is 49.2 Å². The second kappa shape index (κ2) is 9.84. The summed E-state index contributed by atoms with van der Waals surface area (Å²) in [5.74, 6) is 1.23. The Balaban J connectivity index is 1.71. The maximum Gasteiger partial charge on any atom is 0.227 e. The average molecular weight is 411 g/mol. The second-order valence-corrected chi connectivity index (χ2v) is 6.99. The monoisotopic (exact) mass is 410 g/mol. The fourth-order valence-corrected chi connectivity index (χ4v) is 2.92. The van der Waals surface area contributed by atoms with Gasteiger partial charge in [0.05, 0.1) is 5.69 Å². The van der Waals surface area contributed by atoms with Gasteiger partial charge in [-0.1, -0.05) is 17.7 Å². The highest BCUT2D eigenvalue weighted by Crippen LogP contribution is 2.25. The van der Waals surface area contributed by atoms with Crippen molar-refractivity contribution in [3.05, 3.63) is 59.4 Å². The first kappa shape index (κ1) is 20.5. The van der Waals surface area contributed by atoms with E-state index in [1.807, 2.05) is 49.5 Å². The molecule has 0 radical (unpaired) electrons. The highest BCUT2D eigenvalue weighted by atomic mass is 35.5. The summed E-state index contributed by atoms with van der Waals surface area (Å²) in [7, 11) is 0. The van der Waals surface area contributed by atoms with Crippen LogP contribution in [-0.2, 0) is 4.79 Å². The molecule has 1 amide bonds. The first-order valence-corrected chi connectivity index (χ1v) is 9.70. The fourth-order valence-electron chi connectivity index (χ4n) is 2.73. The lowest BCUT2D eigenvalue weighted by Gasteiger charge is -2.11. The molecule has 0 saturated heterocycles. The molecule has 3 N–H and O–H groups in total. The predicted octanol–water partition coefficient (Wildman–Crippen LogP) is 4.18. The number of carbonyl (C=O) groups excluding carboxylic acids is 1. The number of hydrogen-bond acceptors (Lipinski definition) is 6. The van der Waals surface area contributed by atoms with Crippen molar-refractivity contribution in [2.24, 2.45) is 0 Å². The van der Waals surface area contributed by atoms with Crippen LogP contribution < -0.4 is 16.0 Å². The van der Waals surface area contributed by atoms with E-state index in [0.717, 1.165) is 34.7 Å². The van der Waals surface area contributed by atoms with Gasteiger partial charge in [0, 0.05) is 48.7 Å². The molecule has 150 valence electrons. The number of rotatable bonds is 8. The van der Waals surface area contributed by atoms with E-state index in [-0.39, 0.29) is 5.91 Å². The number of aryl methyl sites for hydroxylation is 1. The van der Waals surface area contributed by atoms with Crippen molar-refractivity contribution in [3.63, 3.8) is 0 Å². The van der Waals surface area contributed by atoms with E-state index in [1.165, 1.54) is 6.92 Å². The molecular weight excluding hydrogens is 388 g/mol. The van der Waals surface area contributed by atoms with Crippen molar-refractivity contribution in [2.75, 3.05) is 23.7 Å². The minimum atomic E-state index is -0.0216. The molecule has 0 bridgehead atoms. The van der Waals surface area contributed by atoms with E-state index in [9.17, 15) is 4.79 Å². The highest BCUT2D eigenvalue weighted by molar-refractivity contribution is 6.30. The topological polar surface area (TPSA) is 91.8 Å². The summed E-state index contributed by atoms with van der Waals surface area (Å²) in [6.45, 7) is 4.85. The Bertz CT molecular complexity index is 994. The Morgan fingerprint density at radius 2 is 2.00 bits per heavy atom. The Morgan fingerprint density at radius 3 is 2.79 bits per heavy atom. The number of pyridine rings is 1. The number of benzene rings is 1. The molecule has 7 nitrogen and oxygen atoms in total. The molecular formula is C21H23ClN6O. The fraction of sp³-hybridized carbons (Fsp3) is 0.238. The molecule has 0 spiro atoms. The van der Waals surface area contributed by atoms with Gasteiger partial charge >= 0.3 is 0 Å². The van der Waals surface area contributed by atoms with E-state index in [0.29, 0.717) is 24.1 Å². The van der Waals surface area contributed by atoms with Gasteiger partial charge in [-0.25, -0.2) is 15.0 Å². The van der Waals surface area contributed by atoms with Crippen molar-refractivity contribution in [1.29, 1.82) is 0 Å². The zero-order chi connectivity index (χ0) is 20.6. The normalized spacial score (nSPS) is 10.4. The van der Waals surface area contributed by atoms with Gasteiger partial charge in [-0.3, -0.25) is 4.79 Å². The lowest BCUT2D eigenvalue weighted by Crippen LogP contribution is -2.22. The van der Waals surface area contributed by atoms with E-state index < -0.39 is 0 Å². The minimum absolute atomic E-state index is 0.0216. The lowest BCUT2D eigenvalue weighted by atomic mass is 10.1. The van der Waals surface area contributed by atoms with Crippen LogP contribution in [0.1, 0.15) is 18.9 Å². The minimum Gasteiger partial charge on any atom is -0.370 e. The maximum absolute atomic E-state index is 10.9. The van der Waals surface area contributed by atoms with Crippen LogP contribution >= 0.6 is 11.6 Å². The molecule has 0 unspecified atom stereocenters. The number of halogens is 1. The van der Waals surface area contributed by atoms with Crippen molar-refractivity contribution < 1.29 is 4.79 Å². The molecule has 8 heteroatoms. The van der Waals surface area contributed by atoms with E-state index in [2.05, 4.69) is 30.9 Å². The number of amides is 1. The molecule has 1 aromatic carbocycles. The highest BCUT2D eigenvalue weighted by Gasteiger charge is 2.08. The molecule has 2 heterocycles. The number of nitrogens with one attached hydrogen (secondary N) is 3. The molecule has 0 saturated carbocycles. The second-order valence-electron chi connectivity index (χ2n) is 6.55. The maximum atomic E-state index is 10.9. The summed E-state index contributed by atoms with van der Waals surface area (Å²) in [6, 6.07) is 11.2. The zero-order valence-electron chi connectivity index (χ0n) is 16.4. The van der Waals surface area contributed by atoms with Gasteiger partial charge in [0.15, 0.2) is 0 Å². The van der Waals surface area contributed by atoms with Crippen LogP contribution in [0.2, 0.25) is 5.02 Å². The Labute approximate surface area is 175 Å². The van der Waals surface area contributed by atoms with Gasteiger partial charge in [-0.2, -0.15) is 0 Å². The summed E-state index contributed by atoms with van der Waals surface area (Å²) in [5.41, 5.74) is 3.61. The van der Waals surface area contributed by atoms with Crippen LogP contribution in [0.5, 0.6) is 0 Å².